The fourth-order valence-corrected chi connectivity index (χ4v) is 6.89. The second-order valence-electron chi connectivity index (χ2n) is 11.6. The van der Waals surface area contributed by atoms with Gasteiger partial charge in [0.15, 0.2) is 11.2 Å². The molecule has 248 valence electrons. The summed E-state index contributed by atoms with van der Waals surface area (Å²) in [7, 11) is 0. The Bertz CT molecular complexity index is 2890. The van der Waals surface area contributed by atoms with Crippen molar-refractivity contribution in [3.8, 4) is 0 Å². The maximum Gasteiger partial charge on any atom is 0.263 e. The van der Waals surface area contributed by atoms with Crippen LogP contribution in [0.4, 0.5) is 0 Å². The highest BCUT2D eigenvalue weighted by atomic mass is 35.5. The van der Waals surface area contributed by atoms with Crippen molar-refractivity contribution in [1.29, 1.82) is 0 Å². The lowest BCUT2D eigenvalue weighted by Gasteiger charge is -2.07. The number of aromatic nitrogens is 2. The number of fused-ring (bicyclic) bond motifs is 10. The lowest BCUT2D eigenvalue weighted by Crippen LogP contribution is -2.11. The van der Waals surface area contributed by atoms with E-state index < -0.39 is 5.24 Å². The van der Waals surface area contributed by atoms with Gasteiger partial charge in [-0.3, -0.25) is 14.2 Å². The van der Waals surface area contributed by atoms with E-state index in [-0.39, 0.29) is 5.91 Å². The molecule has 0 saturated heterocycles. The predicted molar refractivity (Wildman–Crippen MR) is 208 cm³/mol. The minimum Gasteiger partial charge on any atom is -0.454 e. The van der Waals surface area contributed by atoms with Gasteiger partial charge >= 0.3 is 0 Å². The van der Waals surface area contributed by atoms with E-state index in [9.17, 15) is 9.59 Å². The van der Waals surface area contributed by atoms with Gasteiger partial charge in [0.25, 0.3) is 11.1 Å². The molecule has 0 bridgehead atoms. The fourth-order valence-electron chi connectivity index (χ4n) is 6.28. The summed E-state index contributed by atoms with van der Waals surface area (Å²) in [6.07, 6.45) is 0. The molecule has 0 aliphatic heterocycles. The molecule has 51 heavy (non-hydrogen) atoms. The van der Waals surface area contributed by atoms with Crippen LogP contribution in [-0.2, 0) is 0 Å². The minimum atomic E-state index is -0.407. The van der Waals surface area contributed by atoms with E-state index in [4.69, 9.17) is 43.6 Å². The Kier molecular flexibility index (Phi) is 8.58. The first-order chi connectivity index (χ1) is 24.9. The van der Waals surface area contributed by atoms with Gasteiger partial charge in [0, 0.05) is 32.7 Å². The highest BCUT2D eigenvalue weighted by Gasteiger charge is 2.24. The third-order valence-electron chi connectivity index (χ3n) is 8.58. The van der Waals surface area contributed by atoms with E-state index in [1.165, 1.54) is 0 Å². The fraction of sp³-hybridized carbons (Fsp3) is 0. The molecule has 0 fully saturated rings. The van der Waals surface area contributed by atoms with Crippen molar-refractivity contribution in [3.63, 3.8) is 0 Å². The van der Waals surface area contributed by atoms with Crippen molar-refractivity contribution in [2.75, 3.05) is 0 Å². The number of halogens is 3. The maximum atomic E-state index is 13.3. The van der Waals surface area contributed by atoms with E-state index >= 15 is 0 Å². The van der Waals surface area contributed by atoms with Crippen molar-refractivity contribution in [2.24, 2.45) is 0 Å². The molecule has 0 saturated carbocycles. The van der Waals surface area contributed by atoms with Crippen LogP contribution in [0.25, 0.3) is 65.9 Å². The van der Waals surface area contributed by atoms with E-state index in [1.54, 1.807) is 47.0 Å². The monoisotopic (exact) mass is 726 g/mol. The normalized spacial score (nSPS) is 11.2. The highest BCUT2D eigenvalue weighted by Crippen LogP contribution is 2.40. The van der Waals surface area contributed by atoms with Crippen LogP contribution in [0.5, 0.6) is 0 Å². The van der Waals surface area contributed by atoms with Crippen molar-refractivity contribution in [1.82, 2.24) is 9.55 Å². The van der Waals surface area contributed by atoms with E-state index in [0.717, 1.165) is 59.9 Å². The van der Waals surface area contributed by atoms with Gasteiger partial charge < -0.3 is 13.8 Å². The topological polar surface area (TPSA) is 81.1 Å². The summed E-state index contributed by atoms with van der Waals surface area (Å²) in [5, 5.41) is 4.70. The second-order valence-corrected chi connectivity index (χ2v) is 12.8. The summed E-state index contributed by atoms with van der Waals surface area (Å²) in [6, 6.07) is 45.1. The molecule has 4 aromatic heterocycles. The number of nitrogens with zero attached hydrogens (tertiary/aromatic N) is 1. The van der Waals surface area contributed by atoms with Crippen molar-refractivity contribution in [3.05, 3.63) is 167 Å². The van der Waals surface area contributed by atoms with Crippen molar-refractivity contribution >= 4 is 112 Å². The Hall–Kier alpha value is -5.79. The lowest BCUT2D eigenvalue weighted by atomic mass is 10.2. The zero-order valence-electron chi connectivity index (χ0n) is 26.6. The number of rotatable bonds is 2. The number of carbonyl (C=O) groups is 2. The largest absolute Gasteiger partial charge is 0.454 e. The van der Waals surface area contributed by atoms with E-state index in [2.05, 4.69) is 4.98 Å². The number of para-hydroxylation sites is 4. The van der Waals surface area contributed by atoms with Crippen LogP contribution >= 0.6 is 34.8 Å². The molecule has 6 aromatic carbocycles. The van der Waals surface area contributed by atoms with Crippen LogP contribution in [0.2, 0.25) is 10.0 Å². The Balaban J connectivity index is 0.000000124. The first kappa shape index (κ1) is 32.4. The summed E-state index contributed by atoms with van der Waals surface area (Å²) < 4.78 is 13.6. The highest BCUT2D eigenvalue weighted by molar-refractivity contribution is 6.67. The van der Waals surface area contributed by atoms with Crippen molar-refractivity contribution in [2.45, 2.75) is 0 Å². The number of aromatic amines is 1. The molecule has 0 aliphatic carbocycles. The smallest absolute Gasteiger partial charge is 0.263 e. The Morgan fingerprint density at radius 3 is 1.69 bits per heavy atom. The van der Waals surface area contributed by atoms with Crippen LogP contribution in [-0.4, -0.2) is 20.7 Å². The van der Waals surface area contributed by atoms with Crippen molar-refractivity contribution < 1.29 is 18.4 Å². The molecule has 0 radical (unpaired) electrons. The average Bonchev–Trinajstić information content (AvgIpc) is 3.91. The lowest BCUT2D eigenvalue weighted by molar-refractivity contribution is 0.0969. The molecule has 0 amide bonds. The molecule has 1 N–H and O–H groups in total. The summed E-state index contributed by atoms with van der Waals surface area (Å²) in [5.74, 6) is -0.125. The van der Waals surface area contributed by atoms with Crippen LogP contribution < -0.4 is 0 Å². The number of nitrogens with one attached hydrogen (secondary N) is 1. The number of hydrogen-bond acceptors (Lipinski definition) is 4. The van der Waals surface area contributed by atoms with Crippen LogP contribution in [0, 0.1) is 0 Å². The Labute approximate surface area is 305 Å². The minimum absolute atomic E-state index is 0.125. The molecular weight excluding hydrogens is 703 g/mol. The van der Waals surface area contributed by atoms with E-state index in [1.807, 2.05) is 103 Å². The third-order valence-corrected chi connectivity index (χ3v) is 9.41. The molecule has 4 heterocycles. The molecule has 10 rings (SSSR count). The van der Waals surface area contributed by atoms with Gasteiger partial charge in [-0.1, -0.05) is 108 Å². The number of furan rings is 2. The number of benzene rings is 6. The van der Waals surface area contributed by atoms with Gasteiger partial charge in [0.2, 0.25) is 0 Å². The number of carbonyl (C=O) groups excluding carboxylic acids is 2. The molecule has 0 atom stereocenters. The standard InChI is InChI=1S/C21H12ClNO2.C14H8ClNO.C7H5ClO/c22-16-11-6-10-15-18(16)23(21(24)13-7-2-1-3-8-13)19-14-9-4-5-12-17(14)25-20(15)19;15-10-6-3-5-9-12(10)16-13-8-4-1-2-7-11(8)17-14(9)13;8-7(9)6-4-2-1-3-5-6/h1-12H;1-7,16H;1-5H. The van der Waals surface area contributed by atoms with Crippen LogP contribution in [0.3, 0.4) is 0 Å². The second kappa shape index (κ2) is 13.5. The van der Waals surface area contributed by atoms with Gasteiger partial charge in [-0.15, -0.1) is 0 Å². The first-order valence-corrected chi connectivity index (χ1v) is 17.1. The molecule has 0 spiro atoms. The average molecular weight is 728 g/mol. The van der Waals surface area contributed by atoms with Gasteiger partial charge in [-0.05, 0) is 72.3 Å². The molecule has 0 unspecified atom stereocenters. The molecule has 0 aliphatic rings. The molecule has 9 heteroatoms. The SMILES string of the molecule is Clc1cccc2c1[nH]c1c3ccccc3oc21.O=C(Cl)c1ccccc1.O=C(c1ccccc1)n1c2c(Cl)cccc2c2oc3ccccc3c21. The van der Waals surface area contributed by atoms with Gasteiger partial charge in [-0.2, -0.15) is 0 Å². The van der Waals surface area contributed by atoms with E-state index in [0.29, 0.717) is 27.2 Å². The summed E-state index contributed by atoms with van der Waals surface area (Å²) >= 11 is 17.8. The van der Waals surface area contributed by atoms with Crippen LogP contribution in [0.15, 0.2) is 154 Å². The number of H-pyrrole nitrogens is 1. The van der Waals surface area contributed by atoms with Gasteiger partial charge in [-0.25, -0.2) is 0 Å². The van der Waals surface area contributed by atoms with Gasteiger partial charge in [0.05, 0.1) is 26.6 Å². The zero-order chi connectivity index (χ0) is 35.1. The first-order valence-electron chi connectivity index (χ1n) is 15.9. The summed E-state index contributed by atoms with van der Waals surface area (Å²) in [5.41, 5.74) is 7.75. The number of hydrogen-bond donors (Lipinski definition) is 1. The molecule has 6 nitrogen and oxygen atoms in total. The quantitative estimate of drug-likeness (QED) is 0.180. The Morgan fingerprint density at radius 1 is 0.490 bits per heavy atom. The van der Waals surface area contributed by atoms with Gasteiger partial charge in [0.1, 0.15) is 16.7 Å². The zero-order valence-corrected chi connectivity index (χ0v) is 28.8. The predicted octanol–water partition coefficient (Wildman–Crippen LogP) is 12.7. The summed E-state index contributed by atoms with van der Waals surface area (Å²) in [6.45, 7) is 0. The molecular formula is C42H25Cl3N2O4. The summed E-state index contributed by atoms with van der Waals surface area (Å²) in [4.78, 5) is 27.0. The molecule has 10 aromatic rings. The van der Waals surface area contributed by atoms with Crippen LogP contribution in [0.1, 0.15) is 20.7 Å². The Morgan fingerprint density at radius 2 is 1.02 bits per heavy atom. The maximum absolute atomic E-state index is 13.3. The third kappa shape index (κ3) is 5.83.